The van der Waals surface area contributed by atoms with Gasteiger partial charge in [0.1, 0.15) is 0 Å². The Bertz CT molecular complexity index is 843. The summed E-state index contributed by atoms with van der Waals surface area (Å²) in [5.41, 5.74) is 0.860. The number of carbonyl (C=O) groups excluding carboxylic acids is 2. The van der Waals surface area contributed by atoms with Crippen LogP contribution >= 0.6 is 11.6 Å². The number of nitrogens with one attached hydrogen (secondary N) is 1. The number of carbonyl (C=O) groups is 2. The van der Waals surface area contributed by atoms with Gasteiger partial charge >= 0.3 is 5.97 Å². The summed E-state index contributed by atoms with van der Waals surface area (Å²) in [6.45, 7) is 4.10. The predicted octanol–water partition coefficient (Wildman–Crippen LogP) is 1.81. The molecule has 1 fully saturated rings. The van der Waals surface area contributed by atoms with E-state index in [0.29, 0.717) is 13.2 Å². The number of esters is 1. The van der Waals surface area contributed by atoms with Crippen molar-refractivity contribution in [1.29, 1.82) is 0 Å². The highest BCUT2D eigenvalue weighted by molar-refractivity contribution is 7.89. The largest absolute Gasteiger partial charge is 0.452 e. The highest BCUT2D eigenvalue weighted by Crippen LogP contribution is 2.27. The van der Waals surface area contributed by atoms with Gasteiger partial charge in [-0.3, -0.25) is 4.79 Å². The topological polar surface area (TPSA) is 102 Å². The molecule has 0 unspecified atom stereocenters. The van der Waals surface area contributed by atoms with Crippen LogP contribution in [0.25, 0.3) is 0 Å². The molecule has 2 rings (SSSR count). The van der Waals surface area contributed by atoms with E-state index in [2.05, 4.69) is 5.32 Å². The van der Waals surface area contributed by atoms with E-state index in [9.17, 15) is 18.0 Å². The van der Waals surface area contributed by atoms with Crippen molar-refractivity contribution in [3.63, 3.8) is 0 Å². The van der Waals surface area contributed by atoms with Crippen LogP contribution in [0.15, 0.2) is 34.7 Å². The second-order valence-electron chi connectivity index (χ2n) is 6.04. The van der Waals surface area contributed by atoms with E-state index in [1.807, 2.05) is 0 Å². The van der Waals surface area contributed by atoms with Gasteiger partial charge in [-0.1, -0.05) is 17.2 Å². The molecule has 0 bridgehead atoms. The van der Waals surface area contributed by atoms with Crippen LogP contribution < -0.4 is 5.32 Å². The maximum atomic E-state index is 12.7. The molecule has 0 atom stereocenters. The third-order valence-electron chi connectivity index (χ3n) is 3.57. The Hall–Kier alpha value is -1.94. The Morgan fingerprint density at radius 3 is 2.59 bits per heavy atom. The third kappa shape index (κ3) is 6.03. The number of morpholine rings is 1. The van der Waals surface area contributed by atoms with Gasteiger partial charge in [0.25, 0.3) is 5.91 Å². The van der Waals surface area contributed by atoms with Crippen LogP contribution in [0.1, 0.15) is 13.8 Å². The molecule has 0 aromatic heterocycles. The fourth-order valence-corrected chi connectivity index (χ4v) is 3.90. The number of nitrogens with zero attached hydrogens (tertiary/aromatic N) is 1. The lowest BCUT2D eigenvalue weighted by molar-refractivity contribution is -0.142. The molecule has 1 aromatic rings. The van der Waals surface area contributed by atoms with Crippen LogP contribution in [-0.2, 0) is 29.1 Å². The van der Waals surface area contributed by atoms with Gasteiger partial charge in [0, 0.05) is 19.2 Å². The minimum Gasteiger partial charge on any atom is -0.452 e. The summed E-state index contributed by atoms with van der Waals surface area (Å²) in [4.78, 5) is 23.4. The Morgan fingerprint density at radius 2 is 1.96 bits per heavy atom. The number of ether oxygens (including phenoxy) is 2. The normalized spacial score (nSPS) is 15.1. The molecule has 1 amide bonds. The van der Waals surface area contributed by atoms with Crippen molar-refractivity contribution in [3.8, 4) is 0 Å². The van der Waals surface area contributed by atoms with Crippen LogP contribution in [0.4, 0.5) is 5.69 Å². The predicted molar refractivity (Wildman–Crippen MR) is 100 cm³/mol. The van der Waals surface area contributed by atoms with E-state index in [1.165, 1.54) is 28.6 Å². The first-order chi connectivity index (χ1) is 12.7. The average molecular weight is 417 g/mol. The number of benzene rings is 1. The quantitative estimate of drug-likeness (QED) is 0.560. The highest BCUT2D eigenvalue weighted by atomic mass is 35.5. The summed E-state index contributed by atoms with van der Waals surface area (Å²) < 4.78 is 36.7. The minimum absolute atomic E-state index is 0.00522. The summed E-state index contributed by atoms with van der Waals surface area (Å²) in [6, 6.07) is 4.04. The minimum atomic E-state index is -3.73. The van der Waals surface area contributed by atoms with Gasteiger partial charge in [0.05, 0.1) is 28.8 Å². The molecular formula is C17H21ClN2O6S. The summed E-state index contributed by atoms with van der Waals surface area (Å²) in [5, 5.41) is 2.62. The molecule has 0 spiro atoms. The van der Waals surface area contributed by atoms with Gasteiger partial charge < -0.3 is 14.8 Å². The van der Waals surface area contributed by atoms with E-state index < -0.39 is 28.5 Å². The number of halogens is 1. The second kappa shape index (κ2) is 9.32. The maximum absolute atomic E-state index is 12.7. The zero-order valence-corrected chi connectivity index (χ0v) is 16.6. The molecule has 1 aliphatic rings. The Labute approximate surface area is 163 Å². The first kappa shape index (κ1) is 21.4. The van der Waals surface area contributed by atoms with Crippen molar-refractivity contribution >= 4 is 39.2 Å². The fourth-order valence-electron chi connectivity index (χ4n) is 2.30. The molecule has 10 heteroatoms. The smallest absolute Gasteiger partial charge is 0.331 e. The van der Waals surface area contributed by atoms with E-state index in [0.717, 1.165) is 5.57 Å². The van der Waals surface area contributed by atoms with Gasteiger partial charge in [0.15, 0.2) is 6.61 Å². The average Bonchev–Trinajstić information content (AvgIpc) is 2.62. The fraction of sp³-hybridized carbons (Fsp3) is 0.412. The Balaban J connectivity index is 2.09. The number of allylic oxidation sites excluding steroid dienone is 1. The molecule has 8 nitrogen and oxygen atoms in total. The maximum Gasteiger partial charge on any atom is 0.331 e. The zero-order valence-electron chi connectivity index (χ0n) is 15.0. The van der Waals surface area contributed by atoms with Crippen LogP contribution in [0, 0.1) is 0 Å². The second-order valence-corrected chi connectivity index (χ2v) is 8.38. The molecule has 0 aliphatic carbocycles. The zero-order chi connectivity index (χ0) is 20.0. The monoisotopic (exact) mass is 416 g/mol. The van der Waals surface area contributed by atoms with Crippen LogP contribution in [0.2, 0.25) is 5.02 Å². The van der Waals surface area contributed by atoms with E-state index in [4.69, 9.17) is 21.1 Å². The molecule has 1 N–H and O–H groups in total. The van der Waals surface area contributed by atoms with Crippen molar-refractivity contribution in [2.45, 2.75) is 18.7 Å². The van der Waals surface area contributed by atoms with E-state index >= 15 is 0 Å². The molecule has 1 aliphatic heterocycles. The number of sulfonamides is 1. The standard InChI is InChI=1S/C17H21ClN2O6S/c1-12(2)9-17(22)26-11-16(21)19-15-10-13(3-4-14(15)18)27(23,24)20-5-7-25-8-6-20/h3-4,9-10H,5-8,11H2,1-2H3,(H,19,21). The number of hydrogen-bond donors (Lipinski definition) is 1. The molecule has 1 heterocycles. The molecule has 0 radical (unpaired) electrons. The Kier molecular flexibility index (Phi) is 7.37. The van der Waals surface area contributed by atoms with Crippen molar-refractivity contribution < 1.29 is 27.5 Å². The lowest BCUT2D eigenvalue weighted by atomic mass is 10.3. The molecule has 27 heavy (non-hydrogen) atoms. The van der Waals surface area contributed by atoms with Crippen molar-refractivity contribution in [2.24, 2.45) is 0 Å². The number of hydrogen-bond acceptors (Lipinski definition) is 6. The van der Waals surface area contributed by atoms with Gasteiger partial charge in [-0.2, -0.15) is 4.31 Å². The molecule has 148 valence electrons. The lowest BCUT2D eigenvalue weighted by Gasteiger charge is -2.26. The lowest BCUT2D eigenvalue weighted by Crippen LogP contribution is -2.40. The summed E-state index contributed by atoms with van der Waals surface area (Å²) >= 11 is 6.05. The highest BCUT2D eigenvalue weighted by Gasteiger charge is 2.27. The van der Waals surface area contributed by atoms with Crippen LogP contribution in [0.5, 0.6) is 0 Å². The van der Waals surface area contributed by atoms with E-state index in [-0.39, 0.29) is 28.7 Å². The van der Waals surface area contributed by atoms with Crippen molar-refractivity contribution in [3.05, 3.63) is 34.9 Å². The first-order valence-corrected chi connectivity index (χ1v) is 10.0. The number of rotatable bonds is 6. The van der Waals surface area contributed by atoms with Crippen molar-refractivity contribution in [1.82, 2.24) is 4.31 Å². The summed E-state index contributed by atoms with van der Waals surface area (Å²) in [6.07, 6.45) is 1.26. The van der Waals surface area contributed by atoms with Crippen molar-refractivity contribution in [2.75, 3.05) is 38.2 Å². The third-order valence-corrected chi connectivity index (χ3v) is 5.80. The number of amides is 1. The summed E-state index contributed by atoms with van der Waals surface area (Å²) in [7, 11) is -3.73. The van der Waals surface area contributed by atoms with Crippen LogP contribution in [0.3, 0.4) is 0 Å². The van der Waals surface area contributed by atoms with Gasteiger partial charge in [0.2, 0.25) is 10.0 Å². The SMILES string of the molecule is CC(C)=CC(=O)OCC(=O)Nc1cc(S(=O)(=O)N2CCOCC2)ccc1Cl. The molecule has 0 saturated carbocycles. The molecular weight excluding hydrogens is 396 g/mol. The van der Waals surface area contributed by atoms with E-state index in [1.54, 1.807) is 13.8 Å². The van der Waals surface area contributed by atoms with Gasteiger partial charge in [-0.05, 0) is 32.0 Å². The Morgan fingerprint density at radius 1 is 1.30 bits per heavy atom. The first-order valence-electron chi connectivity index (χ1n) is 8.19. The molecule has 1 aromatic carbocycles. The number of anilines is 1. The van der Waals surface area contributed by atoms with Crippen LogP contribution in [-0.4, -0.2) is 57.5 Å². The summed E-state index contributed by atoms with van der Waals surface area (Å²) in [5.74, 6) is -1.27. The van der Waals surface area contributed by atoms with Gasteiger partial charge in [-0.15, -0.1) is 0 Å². The molecule has 1 saturated heterocycles. The van der Waals surface area contributed by atoms with Gasteiger partial charge in [-0.25, -0.2) is 13.2 Å².